The predicted octanol–water partition coefficient (Wildman–Crippen LogP) is 3.00. The molecule has 0 aliphatic rings. The van der Waals surface area contributed by atoms with Crippen molar-refractivity contribution in [2.75, 3.05) is 0 Å². The SMILES string of the molecule is NC(N)=Nc1ccc2c(-c3ccoc3)cccc2c1. The summed E-state index contributed by atoms with van der Waals surface area (Å²) in [6.45, 7) is 0. The summed E-state index contributed by atoms with van der Waals surface area (Å²) in [5.41, 5.74) is 13.7. The van der Waals surface area contributed by atoms with Crippen LogP contribution in [0.5, 0.6) is 0 Å². The van der Waals surface area contributed by atoms with Gasteiger partial charge in [0.2, 0.25) is 0 Å². The second kappa shape index (κ2) is 4.49. The fourth-order valence-electron chi connectivity index (χ4n) is 2.16. The topological polar surface area (TPSA) is 77.5 Å². The van der Waals surface area contributed by atoms with Crippen molar-refractivity contribution in [1.82, 2.24) is 0 Å². The highest BCUT2D eigenvalue weighted by atomic mass is 16.3. The van der Waals surface area contributed by atoms with Gasteiger partial charge in [-0.2, -0.15) is 0 Å². The van der Waals surface area contributed by atoms with Gasteiger partial charge in [-0.05, 0) is 34.5 Å². The van der Waals surface area contributed by atoms with Gasteiger partial charge in [0, 0.05) is 5.56 Å². The number of nitrogens with two attached hydrogens (primary N) is 2. The third-order valence-corrected chi connectivity index (χ3v) is 2.95. The number of hydrogen-bond donors (Lipinski definition) is 2. The van der Waals surface area contributed by atoms with Gasteiger partial charge in [-0.25, -0.2) is 4.99 Å². The zero-order valence-electron chi connectivity index (χ0n) is 10.2. The fraction of sp³-hybridized carbons (Fsp3) is 0. The van der Waals surface area contributed by atoms with Crippen LogP contribution in [0.1, 0.15) is 0 Å². The maximum atomic E-state index is 5.39. The molecule has 1 aromatic heterocycles. The Kier molecular flexibility index (Phi) is 2.68. The van der Waals surface area contributed by atoms with Crippen molar-refractivity contribution in [3.05, 3.63) is 55.0 Å². The minimum Gasteiger partial charge on any atom is -0.472 e. The van der Waals surface area contributed by atoms with E-state index in [0.717, 1.165) is 27.6 Å². The molecule has 1 heterocycles. The fourth-order valence-corrected chi connectivity index (χ4v) is 2.16. The summed E-state index contributed by atoms with van der Waals surface area (Å²) in [6, 6.07) is 13.9. The number of aliphatic imine (C=N–C) groups is 1. The summed E-state index contributed by atoms with van der Waals surface area (Å²) in [5.74, 6) is 0.0605. The molecule has 0 aliphatic carbocycles. The lowest BCUT2D eigenvalue weighted by molar-refractivity contribution is 0.568. The van der Waals surface area contributed by atoms with E-state index in [4.69, 9.17) is 15.9 Å². The molecule has 0 spiro atoms. The van der Waals surface area contributed by atoms with E-state index < -0.39 is 0 Å². The molecule has 3 rings (SSSR count). The van der Waals surface area contributed by atoms with Gasteiger partial charge in [0.05, 0.1) is 18.2 Å². The average molecular weight is 251 g/mol. The lowest BCUT2D eigenvalue weighted by Crippen LogP contribution is -2.21. The Labute approximate surface area is 110 Å². The van der Waals surface area contributed by atoms with E-state index in [9.17, 15) is 0 Å². The number of rotatable bonds is 2. The van der Waals surface area contributed by atoms with Crippen LogP contribution in [-0.2, 0) is 0 Å². The molecule has 3 aromatic rings. The van der Waals surface area contributed by atoms with E-state index in [-0.39, 0.29) is 5.96 Å². The average Bonchev–Trinajstić information content (AvgIpc) is 2.90. The monoisotopic (exact) mass is 251 g/mol. The first-order chi connectivity index (χ1) is 9.24. The number of fused-ring (bicyclic) bond motifs is 1. The van der Waals surface area contributed by atoms with Crippen LogP contribution < -0.4 is 11.5 Å². The summed E-state index contributed by atoms with van der Waals surface area (Å²) in [4.78, 5) is 4.06. The Bertz CT molecular complexity index is 741. The zero-order chi connectivity index (χ0) is 13.2. The molecule has 0 atom stereocenters. The summed E-state index contributed by atoms with van der Waals surface area (Å²) in [6.07, 6.45) is 3.40. The van der Waals surface area contributed by atoms with E-state index in [1.54, 1.807) is 12.5 Å². The smallest absolute Gasteiger partial charge is 0.191 e. The van der Waals surface area contributed by atoms with E-state index in [0.29, 0.717) is 0 Å². The first kappa shape index (κ1) is 11.3. The Morgan fingerprint density at radius 1 is 1.05 bits per heavy atom. The number of hydrogen-bond acceptors (Lipinski definition) is 2. The van der Waals surface area contributed by atoms with Gasteiger partial charge in [-0.15, -0.1) is 0 Å². The third-order valence-electron chi connectivity index (χ3n) is 2.95. The van der Waals surface area contributed by atoms with Crippen LogP contribution in [0, 0.1) is 0 Å². The molecule has 0 saturated heterocycles. The van der Waals surface area contributed by atoms with Gasteiger partial charge < -0.3 is 15.9 Å². The molecule has 2 aromatic carbocycles. The van der Waals surface area contributed by atoms with Crippen molar-refractivity contribution in [3.8, 4) is 11.1 Å². The Balaban J connectivity index is 2.20. The van der Waals surface area contributed by atoms with Crippen molar-refractivity contribution in [3.63, 3.8) is 0 Å². The molecule has 4 nitrogen and oxygen atoms in total. The highest BCUT2D eigenvalue weighted by Crippen LogP contribution is 2.31. The predicted molar refractivity (Wildman–Crippen MR) is 77.1 cm³/mol. The first-order valence-electron chi connectivity index (χ1n) is 5.89. The molecular weight excluding hydrogens is 238 g/mol. The van der Waals surface area contributed by atoms with Crippen molar-refractivity contribution in [2.24, 2.45) is 16.5 Å². The van der Waals surface area contributed by atoms with Crippen LogP contribution in [0.2, 0.25) is 0 Å². The maximum Gasteiger partial charge on any atom is 0.191 e. The summed E-state index contributed by atoms with van der Waals surface area (Å²) >= 11 is 0. The van der Waals surface area contributed by atoms with Gasteiger partial charge in [0.25, 0.3) is 0 Å². The highest BCUT2D eigenvalue weighted by molar-refractivity contribution is 5.98. The summed E-state index contributed by atoms with van der Waals surface area (Å²) in [5, 5.41) is 2.22. The van der Waals surface area contributed by atoms with Gasteiger partial charge >= 0.3 is 0 Å². The van der Waals surface area contributed by atoms with Crippen LogP contribution in [0.25, 0.3) is 21.9 Å². The molecule has 0 aliphatic heterocycles. The van der Waals surface area contributed by atoms with Crippen molar-refractivity contribution < 1.29 is 4.42 Å². The van der Waals surface area contributed by atoms with Crippen LogP contribution in [0.15, 0.2) is 64.4 Å². The summed E-state index contributed by atoms with van der Waals surface area (Å²) in [7, 11) is 0. The maximum absolute atomic E-state index is 5.39. The highest BCUT2D eigenvalue weighted by Gasteiger charge is 2.05. The lowest BCUT2D eigenvalue weighted by Gasteiger charge is -2.05. The third kappa shape index (κ3) is 2.15. The second-order valence-corrected chi connectivity index (χ2v) is 4.26. The molecule has 0 radical (unpaired) electrons. The molecular formula is C15H13N3O. The second-order valence-electron chi connectivity index (χ2n) is 4.26. The van der Waals surface area contributed by atoms with E-state index in [2.05, 4.69) is 11.1 Å². The number of furan rings is 1. The molecule has 0 unspecified atom stereocenters. The Morgan fingerprint density at radius 2 is 1.95 bits per heavy atom. The van der Waals surface area contributed by atoms with Gasteiger partial charge in [-0.3, -0.25) is 0 Å². The molecule has 4 heteroatoms. The molecule has 0 saturated carbocycles. The standard InChI is InChI=1S/C15H13N3O/c16-15(17)18-12-4-5-14-10(8-12)2-1-3-13(14)11-6-7-19-9-11/h1-9H,(H4,16,17,18). The molecule has 4 N–H and O–H groups in total. The molecule has 0 fully saturated rings. The van der Waals surface area contributed by atoms with E-state index in [1.165, 1.54) is 0 Å². The van der Waals surface area contributed by atoms with Crippen LogP contribution in [-0.4, -0.2) is 5.96 Å². The van der Waals surface area contributed by atoms with Gasteiger partial charge in [0.1, 0.15) is 0 Å². The van der Waals surface area contributed by atoms with Crippen molar-refractivity contribution in [2.45, 2.75) is 0 Å². The van der Waals surface area contributed by atoms with E-state index in [1.807, 2.05) is 36.4 Å². The van der Waals surface area contributed by atoms with Crippen molar-refractivity contribution in [1.29, 1.82) is 0 Å². The number of guanidine groups is 1. The first-order valence-corrected chi connectivity index (χ1v) is 5.89. The normalized spacial score (nSPS) is 10.5. The van der Waals surface area contributed by atoms with Crippen LogP contribution in [0.4, 0.5) is 5.69 Å². The van der Waals surface area contributed by atoms with Crippen molar-refractivity contribution >= 4 is 22.4 Å². The molecule has 94 valence electrons. The number of benzene rings is 2. The van der Waals surface area contributed by atoms with Crippen LogP contribution in [0.3, 0.4) is 0 Å². The zero-order valence-corrected chi connectivity index (χ0v) is 10.2. The molecule has 19 heavy (non-hydrogen) atoms. The van der Waals surface area contributed by atoms with Gasteiger partial charge in [-0.1, -0.05) is 24.3 Å². The minimum absolute atomic E-state index is 0.0605. The Hall–Kier alpha value is -2.75. The quantitative estimate of drug-likeness (QED) is 0.543. The van der Waals surface area contributed by atoms with Crippen LogP contribution >= 0.6 is 0 Å². The Morgan fingerprint density at radius 3 is 2.68 bits per heavy atom. The molecule has 0 bridgehead atoms. The minimum atomic E-state index is 0.0605. The summed E-state index contributed by atoms with van der Waals surface area (Å²) < 4.78 is 5.14. The largest absolute Gasteiger partial charge is 0.472 e. The van der Waals surface area contributed by atoms with E-state index >= 15 is 0 Å². The number of nitrogens with zero attached hydrogens (tertiary/aromatic N) is 1. The molecule has 0 amide bonds. The van der Waals surface area contributed by atoms with Gasteiger partial charge in [0.15, 0.2) is 5.96 Å². The lowest BCUT2D eigenvalue weighted by atomic mass is 10.00.